The molecule has 3 saturated heterocycles. The summed E-state index contributed by atoms with van der Waals surface area (Å²) < 4.78 is 38.8. The first kappa shape index (κ1) is 27.2. The first-order valence-electron chi connectivity index (χ1n) is 13.0. The standard InChI is InChI=1S/C27H38F3N5S/c1-19(2)26(33-32-20(3)21-9-12-31-13-10-21)36-16-4-14-34-17-22-11-15-35(25(22)18-34)24-7-5-23(6-8-24)27(28,29)30/h5-8,21-22,25,31H,1,4,9-18H2,2-3H3/b32-20+,33-26+. The average molecular weight is 522 g/mol. The number of piperidine rings is 1. The smallest absolute Gasteiger partial charge is 0.367 e. The number of rotatable bonds is 8. The number of hydrogen-bond acceptors (Lipinski definition) is 6. The van der Waals surface area contributed by atoms with E-state index < -0.39 is 11.7 Å². The predicted octanol–water partition coefficient (Wildman–Crippen LogP) is 5.69. The number of fused-ring (bicyclic) bond motifs is 1. The van der Waals surface area contributed by atoms with Gasteiger partial charge in [-0.05, 0) is 94.9 Å². The fraction of sp³-hybridized carbons (Fsp3) is 0.630. The van der Waals surface area contributed by atoms with Crippen molar-refractivity contribution in [2.45, 2.75) is 51.7 Å². The maximum atomic E-state index is 12.9. The summed E-state index contributed by atoms with van der Waals surface area (Å²) in [4.78, 5) is 4.80. The van der Waals surface area contributed by atoms with Gasteiger partial charge in [-0.25, -0.2) is 0 Å². The molecule has 9 heteroatoms. The second-order valence-corrected chi connectivity index (χ2v) is 11.4. The molecule has 5 nitrogen and oxygen atoms in total. The summed E-state index contributed by atoms with van der Waals surface area (Å²) >= 11 is 1.73. The van der Waals surface area contributed by atoms with Crippen molar-refractivity contribution in [2.24, 2.45) is 22.0 Å². The Morgan fingerprint density at radius 3 is 2.47 bits per heavy atom. The van der Waals surface area contributed by atoms with Gasteiger partial charge in [-0.15, -0.1) is 16.9 Å². The summed E-state index contributed by atoms with van der Waals surface area (Å²) in [6.45, 7) is 14.2. The van der Waals surface area contributed by atoms with Crippen LogP contribution in [0.4, 0.5) is 18.9 Å². The highest BCUT2D eigenvalue weighted by molar-refractivity contribution is 8.14. The molecule has 0 bridgehead atoms. The van der Waals surface area contributed by atoms with Crippen LogP contribution in [-0.4, -0.2) is 66.7 Å². The van der Waals surface area contributed by atoms with Crippen LogP contribution in [0.2, 0.25) is 0 Å². The fourth-order valence-corrected chi connectivity index (χ4v) is 6.35. The molecule has 0 spiro atoms. The van der Waals surface area contributed by atoms with Crippen LogP contribution in [-0.2, 0) is 6.18 Å². The van der Waals surface area contributed by atoms with Crippen molar-refractivity contribution in [1.82, 2.24) is 10.2 Å². The number of anilines is 1. The molecule has 3 heterocycles. The monoisotopic (exact) mass is 521 g/mol. The van der Waals surface area contributed by atoms with Crippen molar-refractivity contribution in [2.75, 3.05) is 49.9 Å². The first-order valence-corrected chi connectivity index (χ1v) is 14.0. The highest BCUT2D eigenvalue weighted by Crippen LogP contribution is 2.37. The lowest BCUT2D eigenvalue weighted by Gasteiger charge is -2.27. The van der Waals surface area contributed by atoms with Crippen molar-refractivity contribution < 1.29 is 13.2 Å². The summed E-state index contributed by atoms with van der Waals surface area (Å²) in [7, 11) is 0. The van der Waals surface area contributed by atoms with E-state index in [0.717, 1.165) is 92.7 Å². The second kappa shape index (κ2) is 12.1. The Kier molecular flexibility index (Phi) is 9.17. The number of halogens is 3. The van der Waals surface area contributed by atoms with Crippen LogP contribution in [0.25, 0.3) is 0 Å². The molecule has 3 aliphatic rings. The molecule has 0 saturated carbocycles. The zero-order chi connectivity index (χ0) is 25.7. The van der Waals surface area contributed by atoms with E-state index in [1.54, 1.807) is 23.9 Å². The van der Waals surface area contributed by atoms with E-state index in [1.165, 1.54) is 12.1 Å². The minimum absolute atomic E-state index is 0.384. The molecule has 4 rings (SSSR count). The SMILES string of the molecule is C=C(C)/C(=N\N=C(/C)C1CCNCC1)SCCCN1CC2CCN(c3ccc(C(F)(F)F)cc3)C2C1. The van der Waals surface area contributed by atoms with Gasteiger partial charge in [0.1, 0.15) is 5.04 Å². The maximum absolute atomic E-state index is 12.9. The van der Waals surface area contributed by atoms with Crippen LogP contribution in [0.15, 0.2) is 46.6 Å². The number of thioether (sulfide) groups is 1. The number of likely N-dealkylation sites (tertiary alicyclic amines) is 1. The van der Waals surface area contributed by atoms with E-state index in [1.807, 2.05) is 6.92 Å². The van der Waals surface area contributed by atoms with Crippen molar-refractivity contribution in [1.29, 1.82) is 0 Å². The van der Waals surface area contributed by atoms with E-state index in [-0.39, 0.29) is 0 Å². The molecule has 1 N–H and O–H groups in total. The molecule has 0 aromatic heterocycles. The molecule has 0 radical (unpaired) electrons. The third kappa shape index (κ3) is 6.92. The van der Waals surface area contributed by atoms with Gasteiger partial charge >= 0.3 is 6.18 Å². The molecule has 3 fully saturated rings. The number of nitrogens with zero attached hydrogens (tertiary/aromatic N) is 4. The van der Waals surface area contributed by atoms with E-state index in [0.29, 0.717) is 17.9 Å². The Bertz CT molecular complexity index is 953. The molecule has 2 unspecified atom stereocenters. The molecular weight excluding hydrogens is 483 g/mol. The summed E-state index contributed by atoms with van der Waals surface area (Å²) in [5.74, 6) is 2.06. The van der Waals surface area contributed by atoms with E-state index in [4.69, 9.17) is 0 Å². The third-order valence-electron chi connectivity index (χ3n) is 7.60. The molecular formula is C27H38F3N5S. The third-order valence-corrected chi connectivity index (χ3v) is 8.80. The first-order chi connectivity index (χ1) is 17.2. The maximum Gasteiger partial charge on any atom is 0.416 e. The number of benzene rings is 1. The molecule has 0 amide bonds. The van der Waals surface area contributed by atoms with Gasteiger partial charge in [0.05, 0.1) is 5.56 Å². The van der Waals surface area contributed by atoms with E-state index >= 15 is 0 Å². The highest BCUT2D eigenvalue weighted by Gasteiger charge is 2.41. The molecule has 1 aromatic carbocycles. The predicted molar refractivity (Wildman–Crippen MR) is 145 cm³/mol. The Morgan fingerprint density at radius 1 is 1.08 bits per heavy atom. The zero-order valence-electron chi connectivity index (χ0n) is 21.4. The summed E-state index contributed by atoms with van der Waals surface area (Å²) in [5, 5.41) is 13.4. The van der Waals surface area contributed by atoms with Crippen LogP contribution in [0.1, 0.15) is 45.1 Å². The van der Waals surface area contributed by atoms with Crippen LogP contribution in [0.5, 0.6) is 0 Å². The minimum atomic E-state index is -4.29. The summed E-state index contributed by atoms with van der Waals surface area (Å²) in [6.07, 6.45) is 0.0930. The number of alkyl halides is 3. The molecule has 198 valence electrons. The van der Waals surface area contributed by atoms with Crippen LogP contribution in [0.3, 0.4) is 0 Å². The largest absolute Gasteiger partial charge is 0.416 e. The minimum Gasteiger partial charge on any atom is -0.367 e. The topological polar surface area (TPSA) is 43.2 Å². The van der Waals surface area contributed by atoms with E-state index in [9.17, 15) is 13.2 Å². The second-order valence-electron chi connectivity index (χ2n) is 10.3. The van der Waals surface area contributed by atoms with Gasteiger partial charge in [0, 0.05) is 48.7 Å². The van der Waals surface area contributed by atoms with Gasteiger partial charge in [-0.3, -0.25) is 0 Å². The zero-order valence-corrected chi connectivity index (χ0v) is 22.2. The van der Waals surface area contributed by atoms with Crippen molar-refractivity contribution in [3.05, 3.63) is 42.0 Å². The van der Waals surface area contributed by atoms with Crippen LogP contribution < -0.4 is 10.2 Å². The summed E-state index contributed by atoms with van der Waals surface area (Å²) in [5.41, 5.74) is 2.37. The normalized spacial score (nSPS) is 24.4. The summed E-state index contributed by atoms with van der Waals surface area (Å²) in [6, 6.07) is 6.03. The lowest BCUT2D eigenvalue weighted by molar-refractivity contribution is -0.137. The fourth-order valence-electron chi connectivity index (χ4n) is 5.53. The van der Waals surface area contributed by atoms with Crippen molar-refractivity contribution in [3.8, 4) is 0 Å². The molecule has 3 aliphatic heterocycles. The average Bonchev–Trinajstić information content (AvgIpc) is 3.43. The van der Waals surface area contributed by atoms with Crippen LogP contribution >= 0.6 is 11.8 Å². The Labute approximate surface area is 217 Å². The van der Waals surface area contributed by atoms with Gasteiger partial charge < -0.3 is 15.1 Å². The van der Waals surface area contributed by atoms with Gasteiger partial charge in [0.2, 0.25) is 0 Å². The van der Waals surface area contributed by atoms with Crippen molar-refractivity contribution in [3.63, 3.8) is 0 Å². The molecule has 2 atom stereocenters. The Morgan fingerprint density at radius 2 is 1.81 bits per heavy atom. The van der Waals surface area contributed by atoms with Crippen LogP contribution in [0, 0.1) is 11.8 Å². The van der Waals surface area contributed by atoms with Crippen molar-refractivity contribution >= 4 is 28.2 Å². The lowest BCUT2D eigenvalue weighted by atomic mass is 9.94. The Balaban J connectivity index is 1.24. The number of hydrogen-bond donors (Lipinski definition) is 1. The molecule has 1 aromatic rings. The van der Waals surface area contributed by atoms with Gasteiger partial charge in [0.25, 0.3) is 0 Å². The van der Waals surface area contributed by atoms with Gasteiger partial charge in [0.15, 0.2) is 0 Å². The molecule has 36 heavy (non-hydrogen) atoms. The highest BCUT2D eigenvalue weighted by atomic mass is 32.2. The van der Waals surface area contributed by atoms with E-state index in [2.05, 4.69) is 38.8 Å². The van der Waals surface area contributed by atoms with Gasteiger partial charge in [-0.1, -0.05) is 6.58 Å². The molecule has 0 aliphatic carbocycles. The quantitative estimate of drug-likeness (QED) is 0.207. The number of nitrogens with one attached hydrogen (secondary N) is 1. The Hall–Kier alpha value is -1.84. The lowest BCUT2D eigenvalue weighted by Crippen LogP contribution is -2.35. The van der Waals surface area contributed by atoms with Gasteiger partial charge in [-0.2, -0.15) is 18.3 Å².